The summed E-state index contributed by atoms with van der Waals surface area (Å²) in [5.41, 5.74) is 3.44. The third-order valence-electron chi connectivity index (χ3n) is 3.07. The number of tetrazole rings is 1. The van der Waals surface area contributed by atoms with Gasteiger partial charge in [-0.2, -0.15) is 9.78 Å². The fourth-order valence-corrected chi connectivity index (χ4v) is 2.60. The normalized spacial score (nSPS) is 10.9. The molecule has 1 aromatic heterocycles. The Labute approximate surface area is 146 Å². The zero-order chi connectivity index (χ0) is 17.5. The molecule has 1 heterocycles. The van der Waals surface area contributed by atoms with Gasteiger partial charge in [0.05, 0.1) is 17.7 Å². The lowest BCUT2D eigenvalue weighted by atomic mass is 10.2. The van der Waals surface area contributed by atoms with Crippen LogP contribution in [0.1, 0.15) is 5.56 Å². The Bertz CT molecular complexity index is 883. The number of hydrogen-bond donors (Lipinski definition) is 1. The number of hydrogen-bond acceptors (Lipinski definition) is 6. The number of thioether (sulfide) groups is 1. The molecule has 0 bridgehead atoms. The molecule has 0 saturated heterocycles. The van der Waals surface area contributed by atoms with E-state index in [1.807, 2.05) is 30.3 Å². The van der Waals surface area contributed by atoms with Crippen molar-refractivity contribution in [3.05, 3.63) is 66.0 Å². The van der Waals surface area contributed by atoms with Gasteiger partial charge in [0.15, 0.2) is 0 Å². The molecule has 0 aliphatic rings. The van der Waals surface area contributed by atoms with Crippen LogP contribution in [0.4, 0.5) is 4.39 Å². The Balaban J connectivity index is 1.55. The Kier molecular flexibility index (Phi) is 5.47. The van der Waals surface area contributed by atoms with Crippen molar-refractivity contribution in [1.29, 1.82) is 0 Å². The number of benzene rings is 2. The van der Waals surface area contributed by atoms with Crippen molar-refractivity contribution in [2.75, 3.05) is 5.75 Å². The highest BCUT2D eigenvalue weighted by Gasteiger charge is 2.11. The van der Waals surface area contributed by atoms with Gasteiger partial charge >= 0.3 is 0 Å². The fourth-order valence-electron chi connectivity index (χ4n) is 1.92. The molecule has 0 spiro atoms. The van der Waals surface area contributed by atoms with E-state index in [2.05, 4.69) is 26.1 Å². The second-order valence-corrected chi connectivity index (χ2v) is 5.75. The molecule has 1 amide bonds. The van der Waals surface area contributed by atoms with Crippen molar-refractivity contribution in [3.63, 3.8) is 0 Å². The summed E-state index contributed by atoms with van der Waals surface area (Å²) in [5.74, 6) is -0.681. The van der Waals surface area contributed by atoms with E-state index in [1.165, 1.54) is 24.0 Å². The third-order valence-corrected chi connectivity index (χ3v) is 3.99. The molecule has 9 heteroatoms. The number of hydrazone groups is 1. The molecule has 0 aliphatic heterocycles. The quantitative estimate of drug-likeness (QED) is 0.415. The molecule has 126 valence electrons. The first-order valence-corrected chi connectivity index (χ1v) is 8.25. The lowest BCUT2D eigenvalue weighted by molar-refractivity contribution is -0.118. The van der Waals surface area contributed by atoms with E-state index in [9.17, 15) is 9.18 Å². The summed E-state index contributed by atoms with van der Waals surface area (Å²) in [6.07, 6.45) is 1.26. The van der Waals surface area contributed by atoms with E-state index in [-0.39, 0.29) is 11.7 Å². The van der Waals surface area contributed by atoms with Crippen LogP contribution in [-0.2, 0) is 4.79 Å². The lowest BCUT2D eigenvalue weighted by Crippen LogP contribution is -2.20. The van der Waals surface area contributed by atoms with Crippen LogP contribution in [0, 0.1) is 5.82 Å². The highest BCUT2D eigenvalue weighted by Crippen LogP contribution is 2.17. The van der Waals surface area contributed by atoms with Crippen LogP contribution in [-0.4, -0.2) is 38.1 Å². The molecule has 2 aromatic carbocycles. The van der Waals surface area contributed by atoms with E-state index in [0.717, 1.165) is 5.69 Å². The SMILES string of the molecule is O=C(CSc1nnnn1-c1ccccc1)N/N=C/c1ccccc1F. The minimum Gasteiger partial charge on any atom is -0.272 e. The summed E-state index contributed by atoms with van der Waals surface area (Å²) in [6, 6.07) is 15.5. The summed E-state index contributed by atoms with van der Waals surface area (Å²) in [4.78, 5) is 11.8. The zero-order valence-electron chi connectivity index (χ0n) is 12.9. The van der Waals surface area contributed by atoms with Crippen LogP contribution < -0.4 is 5.43 Å². The van der Waals surface area contributed by atoms with Crippen molar-refractivity contribution in [2.24, 2.45) is 5.10 Å². The molecule has 0 saturated carbocycles. The van der Waals surface area contributed by atoms with Gasteiger partial charge in [-0.3, -0.25) is 4.79 Å². The summed E-state index contributed by atoms with van der Waals surface area (Å²) in [6.45, 7) is 0. The van der Waals surface area contributed by atoms with Crippen LogP contribution in [0.25, 0.3) is 5.69 Å². The molecule has 0 fully saturated rings. The number of aromatic nitrogens is 4. The number of halogens is 1. The second-order valence-electron chi connectivity index (χ2n) is 4.81. The summed E-state index contributed by atoms with van der Waals surface area (Å²) >= 11 is 1.17. The summed E-state index contributed by atoms with van der Waals surface area (Å²) in [5, 5.41) is 15.7. The van der Waals surface area contributed by atoms with E-state index in [1.54, 1.807) is 22.9 Å². The van der Waals surface area contributed by atoms with Crippen molar-refractivity contribution in [3.8, 4) is 5.69 Å². The van der Waals surface area contributed by atoms with E-state index < -0.39 is 5.82 Å². The molecule has 3 rings (SSSR count). The molecule has 7 nitrogen and oxygen atoms in total. The number of carbonyl (C=O) groups excluding carboxylic acids is 1. The first kappa shape index (κ1) is 16.8. The molecule has 25 heavy (non-hydrogen) atoms. The average molecular weight is 356 g/mol. The van der Waals surface area contributed by atoms with Crippen molar-refractivity contribution >= 4 is 23.9 Å². The zero-order valence-corrected chi connectivity index (χ0v) is 13.7. The second kappa shape index (κ2) is 8.15. The smallest absolute Gasteiger partial charge is 0.250 e. The Morgan fingerprint density at radius 1 is 1.20 bits per heavy atom. The maximum atomic E-state index is 13.4. The Hall–Kier alpha value is -3.07. The Morgan fingerprint density at radius 3 is 2.76 bits per heavy atom. The number of nitrogens with zero attached hydrogens (tertiary/aromatic N) is 5. The number of carbonyl (C=O) groups is 1. The molecule has 0 unspecified atom stereocenters. The van der Waals surface area contributed by atoms with Gasteiger partial charge in [-0.25, -0.2) is 9.82 Å². The molecular weight excluding hydrogens is 343 g/mol. The minimum absolute atomic E-state index is 0.0712. The maximum Gasteiger partial charge on any atom is 0.250 e. The van der Waals surface area contributed by atoms with E-state index >= 15 is 0 Å². The van der Waals surface area contributed by atoms with Gasteiger partial charge in [0.1, 0.15) is 5.82 Å². The third kappa shape index (κ3) is 4.48. The number of amides is 1. The van der Waals surface area contributed by atoms with Crippen LogP contribution in [0.15, 0.2) is 64.9 Å². The molecule has 3 aromatic rings. The number of para-hydroxylation sites is 1. The topological polar surface area (TPSA) is 85.1 Å². The minimum atomic E-state index is -0.406. The van der Waals surface area contributed by atoms with Crippen LogP contribution in [0.2, 0.25) is 0 Å². The van der Waals surface area contributed by atoms with E-state index in [0.29, 0.717) is 10.7 Å². The van der Waals surface area contributed by atoms with Gasteiger partial charge in [0.2, 0.25) is 5.16 Å². The lowest BCUT2D eigenvalue weighted by Gasteiger charge is -2.03. The monoisotopic (exact) mass is 356 g/mol. The van der Waals surface area contributed by atoms with Crippen LogP contribution in [0.5, 0.6) is 0 Å². The predicted octanol–water partition coefficient (Wildman–Crippen LogP) is 2.04. The summed E-state index contributed by atoms with van der Waals surface area (Å²) < 4.78 is 15.0. The van der Waals surface area contributed by atoms with Gasteiger partial charge in [-0.1, -0.05) is 48.2 Å². The fraction of sp³-hybridized carbons (Fsp3) is 0.0625. The molecule has 0 atom stereocenters. The van der Waals surface area contributed by atoms with Gasteiger partial charge < -0.3 is 0 Å². The average Bonchev–Trinajstić information content (AvgIpc) is 3.11. The van der Waals surface area contributed by atoms with E-state index in [4.69, 9.17) is 0 Å². The van der Waals surface area contributed by atoms with Gasteiger partial charge in [0.25, 0.3) is 5.91 Å². The predicted molar refractivity (Wildman–Crippen MR) is 92.0 cm³/mol. The van der Waals surface area contributed by atoms with Crippen molar-refractivity contribution in [1.82, 2.24) is 25.6 Å². The highest BCUT2D eigenvalue weighted by atomic mass is 32.2. The Morgan fingerprint density at radius 2 is 1.96 bits per heavy atom. The standard InChI is InChI=1S/C16H13FN6OS/c17-14-9-5-4-6-12(14)10-18-19-15(24)11-25-16-20-21-22-23(16)13-7-2-1-3-8-13/h1-10H,11H2,(H,19,24)/b18-10+. The van der Waals surface area contributed by atoms with Crippen molar-refractivity contribution in [2.45, 2.75) is 5.16 Å². The van der Waals surface area contributed by atoms with Gasteiger partial charge in [-0.05, 0) is 28.6 Å². The first-order chi connectivity index (χ1) is 12.2. The van der Waals surface area contributed by atoms with Gasteiger partial charge in [-0.15, -0.1) is 5.10 Å². The molecule has 1 N–H and O–H groups in total. The van der Waals surface area contributed by atoms with Gasteiger partial charge in [0, 0.05) is 5.56 Å². The van der Waals surface area contributed by atoms with Crippen LogP contribution >= 0.6 is 11.8 Å². The molecule has 0 radical (unpaired) electrons. The highest BCUT2D eigenvalue weighted by molar-refractivity contribution is 7.99. The largest absolute Gasteiger partial charge is 0.272 e. The number of rotatable bonds is 6. The maximum absolute atomic E-state index is 13.4. The molecule has 0 aliphatic carbocycles. The van der Waals surface area contributed by atoms with Crippen molar-refractivity contribution < 1.29 is 9.18 Å². The molecular formula is C16H13FN6OS. The first-order valence-electron chi connectivity index (χ1n) is 7.27. The number of nitrogens with one attached hydrogen (secondary N) is 1. The van der Waals surface area contributed by atoms with Crippen LogP contribution in [0.3, 0.4) is 0 Å². The summed E-state index contributed by atoms with van der Waals surface area (Å²) in [7, 11) is 0.